The number of amides is 1. The van der Waals surface area contributed by atoms with E-state index in [2.05, 4.69) is 10.2 Å². The SMILES string of the molecule is Cc1ccc(-n2c(C3CCN(C(=O)c4ccccc4)CC3)n[nH]c2=O)cc1. The minimum Gasteiger partial charge on any atom is -0.339 e. The molecule has 1 N–H and O–H groups in total. The van der Waals surface area contributed by atoms with Gasteiger partial charge in [0.15, 0.2) is 0 Å². The molecule has 0 unspecified atom stereocenters. The van der Waals surface area contributed by atoms with Crippen LogP contribution in [0.5, 0.6) is 0 Å². The highest BCUT2D eigenvalue weighted by Crippen LogP contribution is 2.28. The molecule has 0 spiro atoms. The molecule has 3 aromatic rings. The molecule has 0 aliphatic carbocycles. The van der Waals surface area contributed by atoms with Crippen molar-refractivity contribution in [3.63, 3.8) is 0 Å². The molecule has 2 heterocycles. The zero-order valence-corrected chi connectivity index (χ0v) is 15.3. The van der Waals surface area contributed by atoms with E-state index in [-0.39, 0.29) is 17.5 Å². The lowest BCUT2D eigenvalue weighted by Crippen LogP contribution is -2.38. The highest BCUT2D eigenvalue weighted by Gasteiger charge is 2.28. The van der Waals surface area contributed by atoms with Crippen molar-refractivity contribution in [2.75, 3.05) is 13.1 Å². The van der Waals surface area contributed by atoms with E-state index < -0.39 is 0 Å². The van der Waals surface area contributed by atoms with Gasteiger partial charge in [0.25, 0.3) is 5.91 Å². The highest BCUT2D eigenvalue weighted by atomic mass is 16.2. The van der Waals surface area contributed by atoms with E-state index in [1.807, 2.05) is 66.4 Å². The van der Waals surface area contributed by atoms with Crippen LogP contribution in [0.3, 0.4) is 0 Å². The summed E-state index contributed by atoms with van der Waals surface area (Å²) in [5.41, 5.74) is 2.45. The third-order valence-electron chi connectivity index (χ3n) is 5.16. The molecule has 2 aromatic carbocycles. The normalized spacial score (nSPS) is 15.1. The van der Waals surface area contributed by atoms with Crippen LogP contribution >= 0.6 is 0 Å². The Balaban J connectivity index is 1.52. The Morgan fingerprint density at radius 2 is 1.70 bits per heavy atom. The second-order valence-electron chi connectivity index (χ2n) is 6.99. The van der Waals surface area contributed by atoms with Crippen molar-refractivity contribution < 1.29 is 4.79 Å². The summed E-state index contributed by atoms with van der Waals surface area (Å²) in [5.74, 6) is 0.952. The van der Waals surface area contributed by atoms with Crippen molar-refractivity contribution in [3.05, 3.63) is 82.0 Å². The molecule has 6 nitrogen and oxygen atoms in total. The standard InChI is InChI=1S/C21H22N4O2/c1-15-7-9-18(10-8-15)25-19(22-23-21(25)27)16-11-13-24(14-12-16)20(26)17-5-3-2-4-6-17/h2-10,16H,11-14H2,1H3,(H,23,27). The number of aryl methyl sites for hydroxylation is 1. The molecular formula is C21H22N4O2. The summed E-state index contributed by atoms with van der Waals surface area (Å²) in [6.45, 7) is 3.34. The number of likely N-dealkylation sites (tertiary alicyclic amines) is 1. The zero-order chi connectivity index (χ0) is 18.8. The first kappa shape index (κ1) is 17.3. The summed E-state index contributed by atoms with van der Waals surface area (Å²) >= 11 is 0. The van der Waals surface area contributed by atoms with E-state index in [1.54, 1.807) is 4.57 Å². The van der Waals surface area contributed by atoms with Crippen LogP contribution in [-0.4, -0.2) is 38.7 Å². The van der Waals surface area contributed by atoms with Gasteiger partial charge in [-0.3, -0.25) is 4.79 Å². The van der Waals surface area contributed by atoms with Gasteiger partial charge < -0.3 is 4.90 Å². The lowest BCUT2D eigenvalue weighted by Gasteiger charge is -2.31. The molecule has 0 bridgehead atoms. The van der Waals surface area contributed by atoms with Crippen LogP contribution in [0.4, 0.5) is 0 Å². The number of nitrogens with one attached hydrogen (secondary N) is 1. The number of H-pyrrole nitrogens is 1. The molecule has 0 saturated carbocycles. The van der Waals surface area contributed by atoms with Gasteiger partial charge in [0.1, 0.15) is 5.82 Å². The Bertz CT molecular complexity index is 981. The average Bonchev–Trinajstić information content (AvgIpc) is 3.10. The van der Waals surface area contributed by atoms with Crippen LogP contribution in [0.1, 0.15) is 40.5 Å². The number of piperidine rings is 1. The van der Waals surface area contributed by atoms with E-state index in [4.69, 9.17) is 0 Å². The van der Waals surface area contributed by atoms with Crippen LogP contribution in [0.15, 0.2) is 59.4 Å². The fraction of sp³-hybridized carbons (Fsp3) is 0.286. The number of rotatable bonds is 3. The molecule has 6 heteroatoms. The van der Waals surface area contributed by atoms with E-state index in [0.29, 0.717) is 18.7 Å². The third kappa shape index (κ3) is 3.43. The van der Waals surface area contributed by atoms with Crippen LogP contribution in [0.25, 0.3) is 5.69 Å². The van der Waals surface area contributed by atoms with Gasteiger partial charge in [-0.15, -0.1) is 0 Å². The summed E-state index contributed by atoms with van der Waals surface area (Å²) in [7, 11) is 0. The average molecular weight is 362 g/mol. The number of benzene rings is 2. The predicted molar refractivity (Wildman–Crippen MR) is 103 cm³/mol. The van der Waals surface area contributed by atoms with Crippen molar-refractivity contribution >= 4 is 5.91 Å². The number of carbonyl (C=O) groups excluding carboxylic acids is 1. The molecule has 1 aromatic heterocycles. The summed E-state index contributed by atoms with van der Waals surface area (Å²) < 4.78 is 1.65. The minimum atomic E-state index is -0.225. The molecule has 138 valence electrons. The maximum atomic E-state index is 12.6. The van der Waals surface area contributed by atoms with Gasteiger partial charge in [0.05, 0.1) is 5.69 Å². The smallest absolute Gasteiger partial charge is 0.339 e. The van der Waals surface area contributed by atoms with Gasteiger partial charge in [0.2, 0.25) is 0 Å². The monoisotopic (exact) mass is 362 g/mol. The fourth-order valence-corrected chi connectivity index (χ4v) is 3.63. The molecule has 1 fully saturated rings. The van der Waals surface area contributed by atoms with Gasteiger partial charge in [0, 0.05) is 24.6 Å². The Hall–Kier alpha value is -3.15. The van der Waals surface area contributed by atoms with Crippen LogP contribution in [0.2, 0.25) is 0 Å². The summed E-state index contributed by atoms with van der Waals surface area (Å²) in [6, 6.07) is 17.2. The van der Waals surface area contributed by atoms with Crippen LogP contribution < -0.4 is 5.69 Å². The molecule has 1 saturated heterocycles. The van der Waals surface area contributed by atoms with E-state index in [1.165, 1.54) is 0 Å². The number of hydrogen-bond donors (Lipinski definition) is 1. The third-order valence-corrected chi connectivity index (χ3v) is 5.16. The molecule has 4 rings (SSSR count). The molecule has 0 radical (unpaired) electrons. The number of carbonyl (C=O) groups is 1. The van der Waals surface area contributed by atoms with Crippen LogP contribution in [0, 0.1) is 6.92 Å². The summed E-state index contributed by atoms with van der Waals surface area (Å²) in [6.07, 6.45) is 1.57. The molecule has 27 heavy (non-hydrogen) atoms. The molecule has 1 aliphatic heterocycles. The first-order chi connectivity index (χ1) is 13.1. The molecular weight excluding hydrogens is 340 g/mol. The number of aromatic amines is 1. The van der Waals surface area contributed by atoms with Gasteiger partial charge in [-0.25, -0.2) is 14.5 Å². The Morgan fingerprint density at radius 1 is 1.04 bits per heavy atom. The van der Waals surface area contributed by atoms with Crippen molar-refractivity contribution in [2.45, 2.75) is 25.7 Å². The van der Waals surface area contributed by atoms with Crippen molar-refractivity contribution in [1.29, 1.82) is 0 Å². The van der Waals surface area contributed by atoms with Crippen molar-refractivity contribution in [2.24, 2.45) is 0 Å². The fourth-order valence-electron chi connectivity index (χ4n) is 3.63. The number of nitrogens with zero attached hydrogens (tertiary/aromatic N) is 3. The topological polar surface area (TPSA) is 71.0 Å². The summed E-state index contributed by atoms with van der Waals surface area (Å²) in [4.78, 5) is 26.8. The molecule has 1 amide bonds. The van der Waals surface area contributed by atoms with Crippen molar-refractivity contribution in [3.8, 4) is 5.69 Å². The lowest BCUT2D eigenvalue weighted by atomic mass is 9.95. The van der Waals surface area contributed by atoms with Gasteiger partial charge >= 0.3 is 5.69 Å². The highest BCUT2D eigenvalue weighted by molar-refractivity contribution is 5.94. The van der Waals surface area contributed by atoms with Gasteiger partial charge in [-0.05, 0) is 44.0 Å². The zero-order valence-electron chi connectivity index (χ0n) is 15.3. The first-order valence-electron chi connectivity index (χ1n) is 9.22. The number of hydrogen-bond acceptors (Lipinski definition) is 3. The maximum absolute atomic E-state index is 12.6. The second-order valence-corrected chi connectivity index (χ2v) is 6.99. The van der Waals surface area contributed by atoms with Gasteiger partial charge in [-0.1, -0.05) is 35.9 Å². The predicted octanol–water partition coefficient (Wildman–Crippen LogP) is 2.89. The van der Waals surface area contributed by atoms with E-state index in [9.17, 15) is 9.59 Å². The lowest BCUT2D eigenvalue weighted by molar-refractivity contribution is 0.0710. The summed E-state index contributed by atoms with van der Waals surface area (Å²) in [5, 5.41) is 6.87. The Kier molecular flexibility index (Phi) is 4.62. The molecule has 1 aliphatic rings. The van der Waals surface area contributed by atoms with E-state index in [0.717, 1.165) is 29.9 Å². The quantitative estimate of drug-likeness (QED) is 0.779. The maximum Gasteiger partial charge on any atom is 0.347 e. The first-order valence-corrected chi connectivity index (χ1v) is 9.22. The number of aromatic nitrogens is 3. The van der Waals surface area contributed by atoms with Crippen LogP contribution in [-0.2, 0) is 0 Å². The second kappa shape index (κ2) is 7.23. The Labute approximate surface area is 157 Å². The van der Waals surface area contributed by atoms with Gasteiger partial charge in [-0.2, -0.15) is 5.10 Å². The Morgan fingerprint density at radius 3 is 2.37 bits per heavy atom. The molecule has 0 atom stereocenters. The largest absolute Gasteiger partial charge is 0.347 e. The minimum absolute atomic E-state index is 0.0620. The van der Waals surface area contributed by atoms with E-state index >= 15 is 0 Å². The van der Waals surface area contributed by atoms with Crippen molar-refractivity contribution in [1.82, 2.24) is 19.7 Å².